The number of carbonyl (C=O) groups is 1. The van der Waals surface area contributed by atoms with E-state index in [0.717, 1.165) is 35.9 Å². The molecule has 0 unspecified atom stereocenters. The second-order valence-electron chi connectivity index (χ2n) is 8.33. The first-order valence-electron chi connectivity index (χ1n) is 11.7. The van der Waals surface area contributed by atoms with E-state index in [0.29, 0.717) is 17.9 Å². The van der Waals surface area contributed by atoms with Crippen LogP contribution in [0.15, 0.2) is 84.0 Å². The molecule has 1 aromatic heterocycles. The number of carbonyl (C=O) groups excluding carboxylic acids is 1. The third-order valence-corrected chi connectivity index (χ3v) is 6.65. The van der Waals surface area contributed by atoms with E-state index in [2.05, 4.69) is 65.8 Å². The van der Waals surface area contributed by atoms with Gasteiger partial charge >= 0.3 is 0 Å². The van der Waals surface area contributed by atoms with Crippen molar-refractivity contribution in [3.8, 4) is 5.69 Å². The second-order valence-corrected chi connectivity index (χ2v) is 9.27. The van der Waals surface area contributed by atoms with Crippen molar-refractivity contribution in [2.75, 3.05) is 0 Å². The molecule has 4 rings (SSSR count). The van der Waals surface area contributed by atoms with Crippen LogP contribution in [0, 0.1) is 6.92 Å². The minimum Gasteiger partial charge on any atom is -0.345 e. The average Bonchev–Trinajstić information content (AvgIpc) is 3.29. The molecule has 0 saturated heterocycles. The molecule has 1 amide bonds. The van der Waals surface area contributed by atoms with Crippen molar-refractivity contribution in [1.29, 1.82) is 0 Å². The summed E-state index contributed by atoms with van der Waals surface area (Å²) in [6.07, 6.45) is 3.36. The summed E-state index contributed by atoms with van der Waals surface area (Å²) in [4.78, 5) is 12.8. The van der Waals surface area contributed by atoms with Crippen molar-refractivity contribution in [1.82, 2.24) is 20.1 Å². The molecule has 174 valence electrons. The Morgan fingerprint density at radius 2 is 1.65 bits per heavy atom. The first-order chi connectivity index (χ1) is 16.6. The molecule has 1 N–H and O–H groups in total. The molecule has 1 heterocycles. The number of aryl methyl sites for hydroxylation is 2. The normalized spacial score (nSPS) is 10.9. The maximum Gasteiger partial charge on any atom is 0.251 e. The molecule has 0 aliphatic carbocycles. The van der Waals surface area contributed by atoms with Gasteiger partial charge < -0.3 is 5.32 Å². The Morgan fingerprint density at radius 3 is 2.35 bits per heavy atom. The fraction of sp³-hybridized carbons (Fsp3) is 0.250. The number of rotatable bonds is 10. The molecule has 0 radical (unpaired) electrons. The summed E-state index contributed by atoms with van der Waals surface area (Å²) in [6, 6.07) is 26.4. The summed E-state index contributed by atoms with van der Waals surface area (Å²) in [5.41, 5.74) is 5.31. The zero-order valence-electron chi connectivity index (χ0n) is 19.7. The van der Waals surface area contributed by atoms with Crippen LogP contribution in [0.2, 0.25) is 0 Å². The van der Waals surface area contributed by atoms with E-state index in [-0.39, 0.29) is 5.91 Å². The predicted molar refractivity (Wildman–Crippen MR) is 138 cm³/mol. The van der Waals surface area contributed by atoms with Crippen LogP contribution in [-0.4, -0.2) is 20.7 Å². The molecule has 0 bridgehead atoms. The second kappa shape index (κ2) is 11.7. The lowest BCUT2D eigenvalue weighted by molar-refractivity contribution is 0.0949. The minimum absolute atomic E-state index is 0.112. The number of hydrogen-bond acceptors (Lipinski definition) is 4. The Bertz CT molecular complexity index is 1200. The van der Waals surface area contributed by atoms with Crippen LogP contribution in [-0.2, 0) is 18.7 Å². The summed E-state index contributed by atoms with van der Waals surface area (Å²) < 4.78 is 2.03. The maximum atomic E-state index is 12.8. The van der Waals surface area contributed by atoms with Gasteiger partial charge in [-0.3, -0.25) is 9.36 Å². The fourth-order valence-electron chi connectivity index (χ4n) is 3.65. The van der Waals surface area contributed by atoms with E-state index in [9.17, 15) is 4.79 Å². The van der Waals surface area contributed by atoms with Crippen LogP contribution >= 0.6 is 11.8 Å². The van der Waals surface area contributed by atoms with Crippen molar-refractivity contribution >= 4 is 17.7 Å². The standard InChI is InChI=1S/C28H30N4OS/c1-3-4-8-22-13-15-24(16-14-22)27(33)29-19-26-30-31-28(34-20-23-9-6-5-7-10-23)32(26)25-17-11-21(2)12-18-25/h5-7,9-18H,3-4,8,19-20H2,1-2H3,(H,29,33). The highest BCUT2D eigenvalue weighted by Crippen LogP contribution is 2.25. The highest BCUT2D eigenvalue weighted by Gasteiger charge is 2.16. The van der Waals surface area contributed by atoms with Gasteiger partial charge in [-0.2, -0.15) is 0 Å². The lowest BCUT2D eigenvalue weighted by Crippen LogP contribution is -2.24. The van der Waals surface area contributed by atoms with E-state index in [1.807, 2.05) is 47.0 Å². The zero-order chi connectivity index (χ0) is 23.8. The first-order valence-corrected chi connectivity index (χ1v) is 12.7. The Morgan fingerprint density at radius 1 is 0.912 bits per heavy atom. The number of nitrogens with one attached hydrogen (secondary N) is 1. The molecular weight excluding hydrogens is 440 g/mol. The van der Waals surface area contributed by atoms with Gasteiger partial charge in [0.2, 0.25) is 0 Å². The Balaban J connectivity index is 1.49. The molecule has 0 saturated carbocycles. The molecule has 3 aromatic carbocycles. The Labute approximate surface area is 205 Å². The number of amides is 1. The summed E-state index contributed by atoms with van der Waals surface area (Å²) in [5.74, 6) is 1.38. The van der Waals surface area contributed by atoms with Crippen LogP contribution < -0.4 is 5.32 Å². The van der Waals surface area contributed by atoms with Crippen LogP contribution in [0.5, 0.6) is 0 Å². The zero-order valence-corrected chi connectivity index (χ0v) is 20.5. The molecule has 0 aliphatic heterocycles. The van der Waals surface area contributed by atoms with Gasteiger partial charge in [-0.1, -0.05) is 85.3 Å². The van der Waals surface area contributed by atoms with E-state index in [4.69, 9.17) is 0 Å². The Hall–Kier alpha value is -3.38. The molecular formula is C28H30N4OS. The minimum atomic E-state index is -0.112. The fourth-order valence-corrected chi connectivity index (χ4v) is 4.58. The average molecular weight is 471 g/mol. The molecule has 4 aromatic rings. The topological polar surface area (TPSA) is 59.8 Å². The molecule has 0 spiro atoms. The lowest BCUT2D eigenvalue weighted by atomic mass is 10.1. The van der Waals surface area contributed by atoms with Crippen molar-refractivity contribution in [3.05, 3.63) is 107 Å². The van der Waals surface area contributed by atoms with E-state index < -0.39 is 0 Å². The van der Waals surface area contributed by atoms with E-state index in [1.165, 1.54) is 16.7 Å². The van der Waals surface area contributed by atoms with Crippen LogP contribution in [0.25, 0.3) is 5.69 Å². The van der Waals surface area contributed by atoms with Gasteiger partial charge in [0.05, 0.1) is 6.54 Å². The van der Waals surface area contributed by atoms with Gasteiger partial charge in [-0.25, -0.2) is 0 Å². The molecule has 0 atom stereocenters. The van der Waals surface area contributed by atoms with E-state index >= 15 is 0 Å². The molecule has 6 heteroatoms. The third kappa shape index (κ3) is 6.14. The smallest absolute Gasteiger partial charge is 0.251 e. The van der Waals surface area contributed by atoms with Gasteiger partial charge in [0.25, 0.3) is 5.91 Å². The van der Waals surface area contributed by atoms with Crippen LogP contribution in [0.1, 0.15) is 52.6 Å². The van der Waals surface area contributed by atoms with Gasteiger partial charge in [0, 0.05) is 17.0 Å². The lowest BCUT2D eigenvalue weighted by Gasteiger charge is -2.12. The van der Waals surface area contributed by atoms with Gasteiger partial charge in [0.15, 0.2) is 11.0 Å². The number of hydrogen-bond donors (Lipinski definition) is 1. The third-order valence-electron chi connectivity index (χ3n) is 5.65. The molecule has 5 nitrogen and oxygen atoms in total. The number of unbranched alkanes of at least 4 members (excludes halogenated alkanes) is 1. The summed E-state index contributed by atoms with van der Waals surface area (Å²) in [6.45, 7) is 4.54. The van der Waals surface area contributed by atoms with Crippen LogP contribution in [0.3, 0.4) is 0 Å². The van der Waals surface area contributed by atoms with Gasteiger partial charge in [-0.05, 0) is 55.2 Å². The summed E-state index contributed by atoms with van der Waals surface area (Å²) in [7, 11) is 0. The van der Waals surface area contributed by atoms with Crippen molar-refractivity contribution in [2.45, 2.75) is 50.6 Å². The summed E-state index contributed by atoms with van der Waals surface area (Å²) in [5, 5.41) is 12.7. The molecule has 0 aliphatic rings. The van der Waals surface area contributed by atoms with Gasteiger partial charge in [-0.15, -0.1) is 10.2 Å². The van der Waals surface area contributed by atoms with Crippen molar-refractivity contribution in [2.24, 2.45) is 0 Å². The highest BCUT2D eigenvalue weighted by molar-refractivity contribution is 7.98. The quantitative estimate of drug-likeness (QED) is 0.283. The first kappa shape index (κ1) is 23.8. The number of aromatic nitrogens is 3. The number of thioether (sulfide) groups is 1. The summed E-state index contributed by atoms with van der Waals surface area (Å²) >= 11 is 1.64. The molecule has 0 fully saturated rings. The number of benzene rings is 3. The number of nitrogens with zero attached hydrogens (tertiary/aromatic N) is 3. The highest BCUT2D eigenvalue weighted by atomic mass is 32.2. The SMILES string of the molecule is CCCCc1ccc(C(=O)NCc2nnc(SCc3ccccc3)n2-c2ccc(C)cc2)cc1. The monoisotopic (exact) mass is 470 g/mol. The van der Waals surface area contributed by atoms with Gasteiger partial charge in [0.1, 0.15) is 0 Å². The molecule has 34 heavy (non-hydrogen) atoms. The maximum absolute atomic E-state index is 12.8. The van der Waals surface area contributed by atoms with Crippen molar-refractivity contribution in [3.63, 3.8) is 0 Å². The van der Waals surface area contributed by atoms with Crippen molar-refractivity contribution < 1.29 is 4.79 Å². The Kier molecular flexibility index (Phi) is 8.15. The largest absolute Gasteiger partial charge is 0.345 e. The van der Waals surface area contributed by atoms with E-state index in [1.54, 1.807) is 11.8 Å². The predicted octanol–water partition coefficient (Wildman–Crippen LogP) is 6.14. The van der Waals surface area contributed by atoms with Crippen LogP contribution in [0.4, 0.5) is 0 Å².